The molecule has 1 unspecified atom stereocenters. The van der Waals surface area contributed by atoms with Crippen LogP contribution in [0.5, 0.6) is 0 Å². The summed E-state index contributed by atoms with van der Waals surface area (Å²) in [4.78, 5) is 27.1. The van der Waals surface area contributed by atoms with Gasteiger partial charge < -0.3 is 15.4 Å². The Labute approximate surface area is 223 Å². The van der Waals surface area contributed by atoms with E-state index < -0.39 is 0 Å². The number of rotatable bonds is 10. The van der Waals surface area contributed by atoms with Crippen molar-refractivity contribution in [2.75, 3.05) is 38.2 Å². The molecule has 2 amide bonds. The number of carbonyl (C=O) groups is 2. The first-order valence-corrected chi connectivity index (χ1v) is 13.3. The van der Waals surface area contributed by atoms with Crippen molar-refractivity contribution in [1.29, 1.82) is 0 Å². The smallest absolute Gasteiger partial charge is 0.243 e. The zero-order valence-corrected chi connectivity index (χ0v) is 21.8. The van der Waals surface area contributed by atoms with Crippen molar-refractivity contribution < 1.29 is 14.3 Å². The fourth-order valence-electron chi connectivity index (χ4n) is 4.51. The van der Waals surface area contributed by atoms with Gasteiger partial charge in [0.15, 0.2) is 5.82 Å². The maximum atomic E-state index is 12.7. The third kappa shape index (κ3) is 6.96. The Morgan fingerprint density at radius 2 is 1.76 bits per heavy atom. The van der Waals surface area contributed by atoms with Gasteiger partial charge in [-0.1, -0.05) is 54.6 Å². The fourth-order valence-corrected chi connectivity index (χ4v) is 4.51. The van der Waals surface area contributed by atoms with E-state index in [0.29, 0.717) is 18.3 Å². The van der Waals surface area contributed by atoms with E-state index in [-0.39, 0.29) is 17.7 Å². The number of aromatic amines is 1. The third-order valence-electron chi connectivity index (χ3n) is 7.16. The van der Waals surface area contributed by atoms with Gasteiger partial charge in [-0.05, 0) is 42.0 Å². The van der Waals surface area contributed by atoms with Crippen LogP contribution in [0.4, 0.5) is 5.82 Å². The number of benzene rings is 2. The molecule has 198 valence electrons. The second kappa shape index (κ2) is 12.2. The number of carbonyl (C=O) groups excluding carboxylic acids is 2. The van der Waals surface area contributed by atoms with Crippen LogP contribution in [0.3, 0.4) is 0 Å². The predicted octanol–water partition coefficient (Wildman–Crippen LogP) is 4.20. The minimum absolute atomic E-state index is 0.0751. The number of nitrogens with zero attached hydrogens (tertiary/aromatic N) is 2. The van der Waals surface area contributed by atoms with Gasteiger partial charge in [0.1, 0.15) is 0 Å². The minimum Gasteiger partial charge on any atom is -0.379 e. The summed E-state index contributed by atoms with van der Waals surface area (Å²) in [5, 5.41) is 13.1. The first-order valence-electron chi connectivity index (χ1n) is 13.3. The maximum absolute atomic E-state index is 12.7. The lowest BCUT2D eigenvalue weighted by atomic mass is 9.96. The molecule has 1 aromatic heterocycles. The van der Waals surface area contributed by atoms with Crippen LogP contribution in [-0.2, 0) is 20.9 Å². The lowest BCUT2D eigenvalue weighted by molar-refractivity contribution is -0.117. The molecule has 2 fully saturated rings. The minimum atomic E-state index is -0.293. The van der Waals surface area contributed by atoms with Gasteiger partial charge in [0.05, 0.1) is 19.1 Å². The molecule has 3 N–H and O–H groups in total. The summed E-state index contributed by atoms with van der Waals surface area (Å²) in [7, 11) is 0. The number of anilines is 1. The first-order chi connectivity index (χ1) is 18.5. The molecule has 1 atom stereocenters. The molecule has 1 aliphatic heterocycles. The molecule has 2 aliphatic rings. The van der Waals surface area contributed by atoms with Crippen LogP contribution in [-0.4, -0.2) is 59.8 Å². The van der Waals surface area contributed by atoms with Crippen molar-refractivity contribution in [3.8, 4) is 11.1 Å². The van der Waals surface area contributed by atoms with Crippen molar-refractivity contribution >= 4 is 17.6 Å². The number of amides is 2. The average Bonchev–Trinajstić information content (AvgIpc) is 3.71. The Morgan fingerprint density at radius 3 is 2.45 bits per heavy atom. The summed E-state index contributed by atoms with van der Waals surface area (Å²) >= 11 is 0. The van der Waals surface area contributed by atoms with Gasteiger partial charge >= 0.3 is 0 Å². The standard InChI is InChI=1S/C30H35N5O3/c1-21(30(37)32-28-19-27(33-34-28)26-12-13-26)23-8-10-25(11-9-23)24-6-4-22(5-7-24)20-31-29(36)3-2-14-35-15-17-38-18-16-35/h2-11,19,21,26H,12-18,20H2,1H3,(H,31,36)(H2,32,33,34,37)/b3-2+. The quantitative estimate of drug-likeness (QED) is 0.353. The summed E-state index contributed by atoms with van der Waals surface area (Å²) in [5.41, 5.74) is 5.24. The molecule has 0 spiro atoms. The van der Waals surface area contributed by atoms with Crippen molar-refractivity contribution in [2.24, 2.45) is 0 Å². The molecule has 2 heterocycles. The van der Waals surface area contributed by atoms with Crippen molar-refractivity contribution in [3.63, 3.8) is 0 Å². The van der Waals surface area contributed by atoms with Crippen LogP contribution in [0.2, 0.25) is 0 Å². The molecule has 1 saturated carbocycles. The predicted molar refractivity (Wildman–Crippen MR) is 148 cm³/mol. The van der Waals surface area contributed by atoms with Crippen LogP contribution in [0.25, 0.3) is 11.1 Å². The van der Waals surface area contributed by atoms with Crippen LogP contribution < -0.4 is 10.6 Å². The number of H-pyrrole nitrogens is 1. The topological polar surface area (TPSA) is 99.3 Å². The Morgan fingerprint density at radius 1 is 1.08 bits per heavy atom. The van der Waals surface area contributed by atoms with Crippen molar-refractivity contribution in [3.05, 3.63) is 83.6 Å². The van der Waals surface area contributed by atoms with E-state index in [9.17, 15) is 9.59 Å². The van der Waals surface area contributed by atoms with E-state index in [1.807, 2.05) is 55.5 Å². The largest absolute Gasteiger partial charge is 0.379 e. The second-order valence-electron chi connectivity index (χ2n) is 10.0. The van der Waals surface area contributed by atoms with Crippen molar-refractivity contribution in [1.82, 2.24) is 20.4 Å². The van der Waals surface area contributed by atoms with Crippen LogP contribution >= 0.6 is 0 Å². The highest BCUT2D eigenvalue weighted by molar-refractivity contribution is 5.95. The van der Waals surface area contributed by atoms with Crippen LogP contribution in [0.1, 0.15) is 48.4 Å². The average molecular weight is 514 g/mol. The second-order valence-corrected chi connectivity index (χ2v) is 10.0. The molecule has 1 saturated heterocycles. The first kappa shape index (κ1) is 25.9. The highest BCUT2D eigenvalue weighted by atomic mass is 16.5. The summed E-state index contributed by atoms with van der Waals surface area (Å²) in [5.74, 6) is 0.694. The number of aromatic nitrogens is 2. The molecule has 8 nitrogen and oxygen atoms in total. The molecule has 0 bridgehead atoms. The molecule has 2 aromatic carbocycles. The van der Waals surface area contributed by atoms with E-state index in [2.05, 4.69) is 37.9 Å². The van der Waals surface area contributed by atoms with Gasteiger partial charge in [-0.2, -0.15) is 5.10 Å². The van der Waals surface area contributed by atoms with Gasteiger partial charge in [-0.25, -0.2) is 0 Å². The number of nitrogens with one attached hydrogen (secondary N) is 3. The number of hydrogen-bond acceptors (Lipinski definition) is 5. The highest BCUT2D eigenvalue weighted by Crippen LogP contribution is 2.39. The van der Waals surface area contributed by atoms with Crippen molar-refractivity contribution in [2.45, 2.75) is 38.1 Å². The lowest BCUT2D eigenvalue weighted by Crippen LogP contribution is -2.36. The van der Waals surface area contributed by atoms with E-state index in [0.717, 1.165) is 60.8 Å². The number of ether oxygens (including phenoxy) is 1. The molecule has 8 heteroatoms. The summed E-state index contributed by atoms with van der Waals surface area (Å²) in [6.45, 7) is 6.46. The SMILES string of the molecule is CC(C(=O)Nc1cc(C2CC2)[nH]n1)c1ccc(-c2ccc(CNC(=O)/C=C/CN3CCOCC3)cc2)cc1. The Hall–Kier alpha value is -3.75. The van der Waals surface area contributed by atoms with Gasteiger partial charge in [-0.3, -0.25) is 19.6 Å². The third-order valence-corrected chi connectivity index (χ3v) is 7.16. The molecule has 5 rings (SSSR count). The molecule has 1 aliphatic carbocycles. The Bertz CT molecular complexity index is 1260. The van der Waals surface area contributed by atoms with Gasteiger partial charge in [-0.15, -0.1) is 0 Å². The lowest BCUT2D eigenvalue weighted by Gasteiger charge is -2.25. The molecule has 3 aromatic rings. The van der Waals surface area contributed by atoms with Gasteiger partial charge in [0.25, 0.3) is 0 Å². The molecular formula is C30H35N5O3. The summed E-state index contributed by atoms with van der Waals surface area (Å²) in [6.07, 6.45) is 5.88. The fraction of sp³-hybridized carbons (Fsp3) is 0.367. The summed E-state index contributed by atoms with van der Waals surface area (Å²) in [6, 6.07) is 18.2. The van der Waals surface area contributed by atoms with Gasteiger partial charge in [0, 0.05) is 49.9 Å². The molecule has 0 radical (unpaired) electrons. The van der Waals surface area contributed by atoms with E-state index >= 15 is 0 Å². The van der Waals surface area contributed by atoms with Gasteiger partial charge in [0.2, 0.25) is 11.8 Å². The normalized spacial score (nSPS) is 16.9. The summed E-state index contributed by atoms with van der Waals surface area (Å²) < 4.78 is 5.34. The number of hydrogen-bond donors (Lipinski definition) is 3. The Kier molecular flexibility index (Phi) is 8.31. The highest BCUT2D eigenvalue weighted by Gasteiger charge is 2.26. The number of morpholine rings is 1. The maximum Gasteiger partial charge on any atom is 0.243 e. The van der Waals surface area contributed by atoms with E-state index in [1.165, 1.54) is 12.8 Å². The molecule has 38 heavy (non-hydrogen) atoms. The van der Waals surface area contributed by atoms with E-state index in [1.54, 1.807) is 6.08 Å². The van der Waals surface area contributed by atoms with Crippen LogP contribution in [0, 0.1) is 0 Å². The Balaban J connectivity index is 1.09. The zero-order chi connectivity index (χ0) is 26.3. The van der Waals surface area contributed by atoms with E-state index in [4.69, 9.17) is 4.74 Å². The van der Waals surface area contributed by atoms with Crippen LogP contribution in [0.15, 0.2) is 66.7 Å². The zero-order valence-electron chi connectivity index (χ0n) is 21.8. The monoisotopic (exact) mass is 513 g/mol. The molecular weight excluding hydrogens is 478 g/mol.